The number of carbonyl (C=O) groups is 2. The third-order valence-corrected chi connectivity index (χ3v) is 3.73. The van der Waals surface area contributed by atoms with Gasteiger partial charge in [-0.25, -0.2) is 0 Å². The molecule has 2 amide bonds. The van der Waals surface area contributed by atoms with Gasteiger partial charge in [0, 0.05) is 35.8 Å². The second-order valence-corrected chi connectivity index (χ2v) is 5.71. The molecule has 0 spiro atoms. The van der Waals surface area contributed by atoms with Crippen molar-refractivity contribution in [3.05, 3.63) is 70.2 Å². The zero-order valence-electron chi connectivity index (χ0n) is 13.2. The Bertz CT molecular complexity index is 684. The van der Waals surface area contributed by atoms with E-state index in [4.69, 9.17) is 17.3 Å². The van der Waals surface area contributed by atoms with Crippen molar-refractivity contribution in [2.45, 2.75) is 13.0 Å². The number of nitrogens with one attached hydrogen (secondary N) is 2. The van der Waals surface area contributed by atoms with Gasteiger partial charge in [-0.2, -0.15) is 0 Å². The highest BCUT2D eigenvalue weighted by Crippen LogP contribution is 2.09. The van der Waals surface area contributed by atoms with Gasteiger partial charge in [-0.15, -0.1) is 0 Å². The van der Waals surface area contributed by atoms with Crippen LogP contribution in [0.25, 0.3) is 0 Å². The van der Waals surface area contributed by atoms with E-state index < -0.39 is 0 Å². The van der Waals surface area contributed by atoms with E-state index in [1.807, 2.05) is 12.1 Å². The van der Waals surface area contributed by atoms with Gasteiger partial charge < -0.3 is 16.4 Å². The van der Waals surface area contributed by atoms with Crippen LogP contribution in [0.2, 0.25) is 5.02 Å². The number of rotatable bonds is 7. The average molecular weight is 346 g/mol. The molecule has 0 aromatic heterocycles. The number of nitrogens with two attached hydrogens (primary N) is 1. The molecule has 0 aliphatic rings. The van der Waals surface area contributed by atoms with Gasteiger partial charge >= 0.3 is 0 Å². The lowest BCUT2D eigenvalue weighted by Crippen LogP contribution is -2.29. The van der Waals surface area contributed by atoms with Crippen LogP contribution in [0, 0.1) is 0 Å². The molecule has 0 unspecified atom stereocenters. The van der Waals surface area contributed by atoms with E-state index in [1.165, 1.54) is 0 Å². The van der Waals surface area contributed by atoms with Gasteiger partial charge in [0.2, 0.25) is 0 Å². The summed E-state index contributed by atoms with van der Waals surface area (Å²) in [4.78, 5) is 23.8. The molecule has 5 nitrogen and oxygen atoms in total. The highest BCUT2D eigenvalue weighted by atomic mass is 35.5. The Morgan fingerprint density at radius 2 is 1.29 bits per heavy atom. The Labute approximate surface area is 146 Å². The van der Waals surface area contributed by atoms with E-state index in [0.717, 1.165) is 5.56 Å². The summed E-state index contributed by atoms with van der Waals surface area (Å²) in [5.74, 6) is -0.294. The molecule has 0 aliphatic carbocycles. The maximum Gasteiger partial charge on any atom is 0.251 e. The third-order valence-electron chi connectivity index (χ3n) is 3.48. The Balaban J connectivity index is 1.67. The van der Waals surface area contributed by atoms with Crippen LogP contribution in [0.3, 0.4) is 0 Å². The number of amides is 2. The van der Waals surface area contributed by atoms with Crippen molar-refractivity contribution in [1.82, 2.24) is 10.6 Å². The van der Waals surface area contributed by atoms with Gasteiger partial charge in [-0.3, -0.25) is 9.59 Å². The fraction of sp³-hybridized carbons (Fsp3) is 0.222. The van der Waals surface area contributed by atoms with Gasteiger partial charge in [0.25, 0.3) is 11.8 Å². The van der Waals surface area contributed by atoms with Crippen LogP contribution in [-0.2, 0) is 6.54 Å². The molecule has 126 valence electrons. The van der Waals surface area contributed by atoms with Crippen LogP contribution in [0.1, 0.15) is 32.7 Å². The Kier molecular flexibility index (Phi) is 6.78. The first-order valence-electron chi connectivity index (χ1n) is 7.71. The summed E-state index contributed by atoms with van der Waals surface area (Å²) < 4.78 is 0. The smallest absolute Gasteiger partial charge is 0.251 e. The second-order valence-electron chi connectivity index (χ2n) is 5.27. The van der Waals surface area contributed by atoms with Gasteiger partial charge in [-0.05, 0) is 48.4 Å². The zero-order chi connectivity index (χ0) is 17.4. The van der Waals surface area contributed by atoms with Crippen LogP contribution in [-0.4, -0.2) is 24.9 Å². The van der Waals surface area contributed by atoms with Crippen molar-refractivity contribution in [3.63, 3.8) is 0 Å². The number of benzene rings is 2. The molecule has 0 radical (unpaired) electrons. The molecule has 0 atom stereocenters. The van der Waals surface area contributed by atoms with E-state index in [1.54, 1.807) is 36.4 Å². The van der Waals surface area contributed by atoms with E-state index in [2.05, 4.69) is 10.6 Å². The monoisotopic (exact) mass is 345 g/mol. The summed E-state index contributed by atoms with van der Waals surface area (Å²) in [5, 5.41) is 6.21. The van der Waals surface area contributed by atoms with E-state index in [0.29, 0.717) is 42.2 Å². The molecule has 0 saturated heterocycles. The lowest BCUT2D eigenvalue weighted by molar-refractivity contribution is 0.0952. The van der Waals surface area contributed by atoms with Crippen molar-refractivity contribution < 1.29 is 9.59 Å². The van der Waals surface area contributed by atoms with E-state index in [-0.39, 0.29) is 11.8 Å². The SMILES string of the molecule is NCc1ccc(C(=O)NCCCNC(=O)c2ccc(Cl)cc2)cc1. The summed E-state index contributed by atoms with van der Waals surface area (Å²) in [7, 11) is 0. The number of hydrogen-bond acceptors (Lipinski definition) is 3. The van der Waals surface area contributed by atoms with Crippen molar-refractivity contribution >= 4 is 23.4 Å². The summed E-state index contributed by atoms with van der Waals surface area (Å²) in [6.07, 6.45) is 0.645. The number of hydrogen-bond donors (Lipinski definition) is 3. The van der Waals surface area contributed by atoms with Crippen LogP contribution in [0.4, 0.5) is 0 Å². The first kappa shape index (κ1) is 18.0. The van der Waals surface area contributed by atoms with Gasteiger partial charge in [0.15, 0.2) is 0 Å². The summed E-state index contributed by atoms with van der Waals surface area (Å²) in [6, 6.07) is 13.9. The molecule has 0 bridgehead atoms. The van der Waals surface area contributed by atoms with Crippen molar-refractivity contribution in [2.24, 2.45) is 5.73 Å². The molecule has 0 aliphatic heterocycles. The topological polar surface area (TPSA) is 84.2 Å². The zero-order valence-corrected chi connectivity index (χ0v) is 14.0. The fourth-order valence-corrected chi connectivity index (χ4v) is 2.22. The Morgan fingerprint density at radius 1 is 0.833 bits per heavy atom. The van der Waals surface area contributed by atoms with Crippen LogP contribution >= 0.6 is 11.6 Å². The Morgan fingerprint density at radius 3 is 1.75 bits per heavy atom. The van der Waals surface area contributed by atoms with Gasteiger partial charge in [-0.1, -0.05) is 23.7 Å². The first-order valence-corrected chi connectivity index (χ1v) is 8.09. The maximum atomic E-state index is 12.0. The minimum absolute atomic E-state index is 0.136. The maximum absolute atomic E-state index is 12.0. The molecule has 6 heteroatoms. The second kappa shape index (κ2) is 9.05. The van der Waals surface area contributed by atoms with Crippen molar-refractivity contribution in [2.75, 3.05) is 13.1 Å². The number of halogens is 1. The molecule has 2 rings (SSSR count). The molecule has 0 saturated carbocycles. The highest BCUT2D eigenvalue weighted by Gasteiger charge is 2.06. The van der Waals surface area contributed by atoms with Crippen LogP contribution in [0.5, 0.6) is 0 Å². The first-order chi connectivity index (χ1) is 11.6. The third kappa shape index (κ3) is 5.37. The summed E-state index contributed by atoms with van der Waals surface area (Å²) in [5.41, 5.74) is 7.66. The molecule has 4 N–H and O–H groups in total. The normalized spacial score (nSPS) is 10.2. The molecule has 24 heavy (non-hydrogen) atoms. The average Bonchev–Trinajstić information content (AvgIpc) is 2.61. The van der Waals surface area contributed by atoms with Crippen LogP contribution < -0.4 is 16.4 Å². The van der Waals surface area contributed by atoms with Gasteiger partial charge in [0.05, 0.1) is 0 Å². The van der Waals surface area contributed by atoms with Crippen molar-refractivity contribution in [1.29, 1.82) is 0 Å². The molecule has 2 aromatic rings. The van der Waals surface area contributed by atoms with Gasteiger partial charge in [0.1, 0.15) is 0 Å². The molecule has 2 aromatic carbocycles. The lowest BCUT2D eigenvalue weighted by atomic mass is 10.1. The number of carbonyl (C=O) groups excluding carboxylic acids is 2. The molecular formula is C18H20ClN3O2. The standard InChI is InChI=1S/C18H20ClN3O2/c19-16-8-6-15(7-9-16)18(24)22-11-1-10-21-17(23)14-4-2-13(12-20)3-5-14/h2-9H,1,10-12,20H2,(H,21,23)(H,22,24). The quantitative estimate of drug-likeness (QED) is 0.673. The highest BCUT2D eigenvalue weighted by molar-refractivity contribution is 6.30. The predicted octanol–water partition coefficient (Wildman–Crippen LogP) is 2.35. The largest absolute Gasteiger partial charge is 0.352 e. The lowest BCUT2D eigenvalue weighted by Gasteiger charge is -2.07. The minimum atomic E-state index is -0.157. The molecular weight excluding hydrogens is 326 g/mol. The predicted molar refractivity (Wildman–Crippen MR) is 95.1 cm³/mol. The summed E-state index contributed by atoms with van der Waals surface area (Å²) in [6.45, 7) is 1.42. The van der Waals surface area contributed by atoms with Crippen LogP contribution in [0.15, 0.2) is 48.5 Å². The summed E-state index contributed by atoms with van der Waals surface area (Å²) >= 11 is 5.78. The fourth-order valence-electron chi connectivity index (χ4n) is 2.09. The van der Waals surface area contributed by atoms with E-state index in [9.17, 15) is 9.59 Å². The molecule has 0 heterocycles. The van der Waals surface area contributed by atoms with Crippen molar-refractivity contribution in [3.8, 4) is 0 Å². The minimum Gasteiger partial charge on any atom is -0.352 e. The Hall–Kier alpha value is -2.37. The molecule has 0 fully saturated rings. The van der Waals surface area contributed by atoms with E-state index >= 15 is 0 Å².